The lowest BCUT2D eigenvalue weighted by molar-refractivity contribution is -0.137. The topological polar surface area (TPSA) is 152 Å². The molecule has 2 N–H and O–H groups in total. The van der Waals surface area contributed by atoms with Gasteiger partial charge in [0.15, 0.2) is 5.82 Å². The van der Waals surface area contributed by atoms with Gasteiger partial charge in [0.05, 0.1) is 39.0 Å². The van der Waals surface area contributed by atoms with E-state index in [1.807, 2.05) is 13.1 Å². The quantitative estimate of drug-likeness (QED) is 0.135. The normalized spacial score (nSPS) is 21.4. The van der Waals surface area contributed by atoms with Gasteiger partial charge in [-0.05, 0) is 69.3 Å². The Morgan fingerprint density at radius 2 is 1.96 bits per heavy atom. The van der Waals surface area contributed by atoms with Gasteiger partial charge in [-0.2, -0.15) is 29.1 Å². The Kier molecular flexibility index (Phi) is 10.1. The Labute approximate surface area is 327 Å². The van der Waals surface area contributed by atoms with E-state index < -0.39 is 29.8 Å². The zero-order valence-corrected chi connectivity index (χ0v) is 31.8. The Bertz CT molecular complexity index is 2330. The predicted octanol–water partition coefficient (Wildman–Crippen LogP) is 6.14. The Morgan fingerprint density at radius 3 is 2.59 bits per heavy atom. The van der Waals surface area contributed by atoms with Crippen molar-refractivity contribution in [3.8, 4) is 23.2 Å². The molecule has 4 aliphatic rings. The number of carbonyl (C=O) groups is 1. The first kappa shape index (κ1) is 38.1. The third-order valence-corrected chi connectivity index (χ3v) is 12.9. The van der Waals surface area contributed by atoms with Crippen LogP contribution in [0.5, 0.6) is 6.01 Å². The number of likely N-dealkylation sites (tertiary alicyclic amines) is 1. The number of hydrogen-bond acceptors (Lipinski definition) is 12. The van der Waals surface area contributed by atoms with Gasteiger partial charge >= 0.3 is 12.6 Å². The largest absolute Gasteiger partial charge is 0.461 e. The van der Waals surface area contributed by atoms with Crippen LogP contribution in [0.4, 0.5) is 28.4 Å². The van der Waals surface area contributed by atoms with Gasteiger partial charge in [0.1, 0.15) is 47.5 Å². The van der Waals surface area contributed by atoms with Crippen molar-refractivity contribution in [2.45, 2.75) is 62.3 Å². The number of fused-ring (bicyclic) bond motifs is 3. The van der Waals surface area contributed by atoms with Crippen molar-refractivity contribution in [2.75, 3.05) is 50.0 Å². The molecule has 0 saturated carbocycles. The molecule has 0 aliphatic carbocycles. The fraction of sp³-hybridized carbons (Fsp3) is 0.459. The van der Waals surface area contributed by atoms with Crippen LogP contribution in [-0.4, -0.2) is 104 Å². The number of nitriles is 1. The zero-order valence-electron chi connectivity index (χ0n) is 30.2. The highest BCUT2D eigenvalue weighted by molar-refractivity contribution is 7.23. The van der Waals surface area contributed by atoms with Crippen LogP contribution in [0.1, 0.15) is 44.1 Å². The highest BCUT2D eigenvalue weighted by atomic mass is 35.5. The molecule has 7 heterocycles. The van der Waals surface area contributed by atoms with Crippen molar-refractivity contribution in [1.82, 2.24) is 34.5 Å². The number of benzene rings is 2. The van der Waals surface area contributed by atoms with Crippen molar-refractivity contribution in [3.05, 3.63) is 53.1 Å². The highest BCUT2D eigenvalue weighted by Crippen LogP contribution is 2.48. The lowest BCUT2D eigenvalue weighted by atomic mass is 9.83. The van der Waals surface area contributed by atoms with Crippen LogP contribution in [0.15, 0.2) is 30.9 Å². The van der Waals surface area contributed by atoms with Gasteiger partial charge in [-0.15, -0.1) is 11.3 Å². The Balaban J connectivity index is 0.000000673. The first-order chi connectivity index (χ1) is 27.0. The molecule has 13 nitrogen and oxygen atoms in total. The number of nitrogens with zero attached hydrogens (tertiary/aromatic N) is 9. The SMILES string of the molecule is Cn1cncn1.N#Cc1c(N)sc2c(F)ccc(-c3c(Cl)cc4c(N5CC6(CCN6C=O)CC5COC(F)F)nc(OCC56CCCN5CCC6)nc4c3F)c12. The number of amides is 1. The molecule has 56 heavy (non-hydrogen) atoms. The number of hydrogen-bond donors (Lipinski definition) is 1. The third kappa shape index (κ3) is 6.53. The molecule has 19 heteroatoms. The van der Waals surface area contributed by atoms with Gasteiger partial charge in [0.2, 0.25) is 6.41 Å². The number of anilines is 2. The van der Waals surface area contributed by atoms with Crippen LogP contribution in [0, 0.1) is 23.0 Å². The van der Waals surface area contributed by atoms with Crippen LogP contribution in [0.2, 0.25) is 5.02 Å². The zero-order chi connectivity index (χ0) is 39.4. The smallest absolute Gasteiger partial charge is 0.345 e. The summed E-state index contributed by atoms with van der Waals surface area (Å²) in [5, 5.41) is 13.9. The van der Waals surface area contributed by atoms with Gasteiger partial charge < -0.3 is 25.0 Å². The fourth-order valence-corrected chi connectivity index (χ4v) is 10.1. The molecule has 2 aromatic carbocycles. The van der Waals surface area contributed by atoms with Gasteiger partial charge in [0.25, 0.3) is 0 Å². The molecule has 9 rings (SSSR count). The van der Waals surface area contributed by atoms with Crippen molar-refractivity contribution in [3.63, 3.8) is 0 Å². The van der Waals surface area contributed by atoms with E-state index in [-0.39, 0.29) is 84.8 Å². The summed E-state index contributed by atoms with van der Waals surface area (Å²) in [5.41, 5.74) is 5.12. The molecule has 3 aromatic heterocycles. The summed E-state index contributed by atoms with van der Waals surface area (Å²) in [4.78, 5) is 30.7. The summed E-state index contributed by atoms with van der Waals surface area (Å²) >= 11 is 7.74. The van der Waals surface area contributed by atoms with Gasteiger partial charge in [-0.1, -0.05) is 17.7 Å². The number of nitrogen functional groups attached to an aromatic ring is 1. The Hall–Kier alpha value is -4.83. The average Bonchev–Trinajstić information content (AvgIpc) is 4.00. The van der Waals surface area contributed by atoms with E-state index in [1.165, 1.54) is 18.5 Å². The molecule has 5 aromatic rings. The second-order valence-corrected chi connectivity index (χ2v) is 16.1. The molecule has 0 bridgehead atoms. The summed E-state index contributed by atoms with van der Waals surface area (Å²) in [5.74, 6) is -1.28. The lowest BCUT2D eigenvalue weighted by Gasteiger charge is -2.48. The summed E-state index contributed by atoms with van der Waals surface area (Å²) in [6.07, 6.45) is 8.80. The summed E-state index contributed by atoms with van der Waals surface area (Å²) in [7, 11) is 1.83. The van der Waals surface area contributed by atoms with Gasteiger partial charge in [-0.3, -0.25) is 14.4 Å². The second-order valence-electron chi connectivity index (χ2n) is 14.7. The molecule has 2 unspecified atom stereocenters. The highest BCUT2D eigenvalue weighted by Gasteiger charge is 2.53. The van der Waals surface area contributed by atoms with Crippen LogP contribution in [-0.2, 0) is 16.6 Å². The fourth-order valence-electron chi connectivity index (χ4n) is 8.88. The molecule has 2 atom stereocenters. The van der Waals surface area contributed by atoms with E-state index in [1.54, 1.807) is 20.8 Å². The van der Waals surface area contributed by atoms with Crippen LogP contribution >= 0.6 is 22.9 Å². The predicted molar refractivity (Wildman–Crippen MR) is 202 cm³/mol. The standard InChI is InChI=1S/C34H32ClF4N7O3S.C3H5N3/c35-22-11-20-27(26(37)25(22)19-3-4-23(36)28-24(19)21(13-40)29(41)50-28)42-32(49-16-33-5-1-8-44(33)9-2-6-33)43-30(20)46-15-34(7-10-45(34)17-47)12-18(46)14-48-31(38)39;1-6-3-4-2-5-6/h3-4,11,17-18,31H,1-2,5-10,12,14-16,41H2;2-3H,1H3. The summed E-state index contributed by atoms with van der Waals surface area (Å²) in [6.45, 7) is -0.449. The molecular formula is C37H37ClF4N10O3S. The van der Waals surface area contributed by atoms with Crippen molar-refractivity contribution in [2.24, 2.45) is 7.05 Å². The van der Waals surface area contributed by atoms with Crippen LogP contribution in [0.25, 0.3) is 32.1 Å². The van der Waals surface area contributed by atoms with E-state index in [0.29, 0.717) is 19.4 Å². The summed E-state index contributed by atoms with van der Waals surface area (Å²) in [6, 6.07) is 5.24. The van der Waals surface area contributed by atoms with E-state index in [9.17, 15) is 23.2 Å². The number of thiophene rings is 1. The first-order valence-corrected chi connectivity index (χ1v) is 19.3. The van der Waals surface area contributed by atoms with E-state index in [2.05, 4.69) is 20.0 Å². The molecule has 4 saturated heterocycles. The molecule has 4 aliphatic heterocycles. The van der Waals surface area contributed by atoms with Gasteiger partial charge in [-0.25, -0.2) is 13.8 Å². The Morgan fingerprint density at radius 1 is 1.18 bits per heavy atom. The minimum Gasteiger partial charge on any atom is -0.461 e. The molecule has 4 fully saturated rings. The third-order valence-electron chi connectivity index (χ3n) is 11.6. The number of alkyl halides is 2. The molecule has 1 spiro atoms. The number of ether oxygens (including phenoxy) is 2. The lowest BCUT2D eigenvalue weighted by Crippen LogP contribution is -2.60. The molecule has 0 radical (unpaired) electrons. The molecule has 1 amide bonds. The number of aromatic nitrogens is 5. The summed E-state index contributed by atoms with van der Waals surface area (Å²) < 4.78 is 71.6. The van der Waals surface area contributed by atoms with E-state index in [0.717, 1.165) is 62.6 Å². The van der Waals surface area contributed by atoms with Crippen LogP contribution in [0.3, 0.4) is 0 Å². The number of halogens is 5. The van der Waals surface area contributed by atoms with E-state index in [4.69, 9.17) is 31.8 Å². The molecule has 294 valence electrons. The monoisotopic (exact) mass is 812 g/mol. The number of aryl methyl sites for hydroxylation is 1. The first-order valence-electron chi connectivity index (χ1n) is 18.1. The number of carbonyl (C=O) groups excluding carboxylic acids is 1. The average molecular weight is 813 g/mol. The van der Waals surface area contributed by atoms with Crippen molar-refractivity contribution < 1.29 is 31.8 Å². The van der Waals surface area contributed by atoms with Crippen molar-refractivity contribution >= 4 is 61.2 Å². The van der Waals surface area contributed by atoms with Gasteiger partial charge in [0, 0.05) is 36.5 Å². The van der Waals surface area contributed by atoms with Crippen LogP contribution < -0.4 is 15.4 Å². The maximum absolute atomic E-state index is 17.1. The maximum Gasteiger partial charge on any atom is 0.345 e. The number of nitrogens with two attached hydrogens (primary N) is 1. The van der Waals surface area contributed by atoms with Crippen molar-refractivity contribution in [1.29, 1.82) is 5.26 Å². The maximum atomic E-state index is 17.1. The molecular weight excluding hydrogens is 776 g/mol. The number of rotatable bonds is 9. The second kappa shape index (κ2) is 14.9. The minimum absolute atomic E-state index is 0.00358. The minimum atomic E-state index is -3.02. The van der Waals surface area contributed by atoms with E-state index >= 15 is 4.39 Å².